The van der Waals surface area contributed by atoms with Crippen molar-refractivity contribution in [3.05, 3.63) is 75.4 Å². The second-order valence-corrected chi connectivity index (χ2v) is 17.5. The summed E-state index contributed by atoms with van der Waals surface area (Å²) >= 11 is 0. The van der Waals surface area contributed by atoms with Crippen LogP contribution >= 0.6 is 21.6 Å². The summed E-state index contributed by atoms with van der Waals surface area (Å²) in [5.74, 6) is 3.98. The van der Waals surface area contributed by atoms with Gasteiger partial charge in [0.15, 0.2) is 0 Å². The van der Waals surface area contributed by atoms with Gasteiger partial charge in [0.2, 0.25) is 0 Å². The molecule has 6 atom stereocenters. The highest BCUT2D eigenvalue weighted by atomic mass is 33.1. The molecule has 1 aromatic rings. The summed E-state index contributed by atoms with van der Waals surface area (Å²) in [4.78, 5) is 33.0. The standard InChI is InChI=1S/C38H42N2O4S2/c1-3-37(14-4-5-15-37)19-28-26-8-7-25-24-12-16-38(32(25)31(26)35(41)43-28)29-10-6-21(2)20-45-46-30-11-9-23-22(13-17-39-34(23)40-30)18-27(24)33(38)36(42)44-29/h9-11,13,17,19,21,24-25,30,32H,3-8,12,14-16,18,20H2,1-2H3,(H,39,40). The van der Waals surface area contributed by atoms with Crippen LogP contribution in [0.5, 0.6) is 0 Å². The minimum Gasteiger partial charge on any atom is -0.427 e. The van der Waals surface area contributed by atoms with Crippen LogP contribution < -0.4 is 5.32 Å². The van der Waals surface area contributed by atoms with E-state index < -0.39 is 5.41 Å². The number of ether oxygens (including phenoxy) is 2. The van der Waals surface area contributed by atoms with E-state index in [1.807, 2.05) is 27.8 Å². The molecule has 240 valence electrons. The molecule has 10 aliphatic rings. The van der Waals surface area contributed by atoms with Crippen molar-refractivity contribution < 1.29 is 19.1 Å². The minimum absolute atomic E-state index is 0.0844. The maximum atomic E-state index is 14.2. The molecule has 2 saturated carbocycles. The van der Waals surface area contributed by atoms with E-state index in [1.54, 1.807) is 0 Å². The highest BCUT2D eigenvalue weighted by molar-refractivity contribution is 8.77. The summed E-state index contributed by atoms with van der Waals surface area (Å²) in [7, 11) is 3.71. The predicted molar refractivity (Wildman–Crippen MR) is 183 cm³/mol. The lowest BCUT2D eigenvalue weighted by atomic mass is 9.44. The van der Waals surface area contributed by atoms with Crippen molar-refractivity contribution in [1.82, 2.24) is 4.98 Å². The Morgan fingerprint density at radius 3 is 2.85 bits per heavy atom. The van der Waals surface area contributed by atoms with E-state index in [1.165, 1.54) is 24.0 Å². The van der Waals surface area contributed by atoms with Crippen LogP contribution in [0.2, 0.25) is 0 Å². The Labute approximate surface area is 279 Å². The SMILES string of the molecule is CCC1(C=C2OC(=O)C3=C2CCC2C4CCC5(C6=CCC(C)CSSC7C=Cc8c(ccnc8N7)CC4=C5C(=O)O6)C32)CCCC1. The number of aromatic nitrogens is 1. The number of carbonyl (C=O) groups excluding carboxylic acids is 2. The van der Waals surface area contributed by atoms with Gasteiger partial charge in [0.05, 0.1) is 11.0 Å². The number of hydrogen-bond donors (Lipinski definition) is 1. The molecule has 6 nitrogen and oxygen atoms in total. The molecule has 0 amide bonds. The van der Waals surface area contributed by atoms with Gasteiger partial charge in [-0.25, -0.2) is 14.6 Å². The van der Waals surface area contributed by atoms with E-state index >= 15 is 0 Å². The number of cyclic esters (lactones) is 1. The maximum Gasteiger partial charge on any atom is 0.340 e. The minimum atomic E-state index is -0.609. The third-order valence-electron chi connectivity index (χ3n) is 12.6. The number of allylic oxidation sites excluding steroid dienone is 5. The monoisotopic (exact) mass is 654 g/mol. The Morgan fingerprint density at radius 1 is 1.13 bits per heavy atom. The van der Waals surface area contributed by atoms with Crippen LogP contribution in [0.1, 0.15) is 89.2 Å². The molecule has 1 spiro atoms. The van der Waals surface area contributed by atoms with Crippen molar-refractivity contribution in [3.63, 3.8) is 0 Å². The van der Waals surface area contributed by atoms with Gasteiger partial charge < -0.3 is 14.8 Å². The largest absolute Gasteiger partial charge is 0.427 e. The molecular formula is C38H42N2O4S2. The zero-order valence-corrected chi connectivity index (χ0v) is 28.4. The zero-order valence-electron chi connectivity index (χ0n) is 26.7. The normalized spacial score (nSPS) is 36.4. The van der Waals surface area contributed by atoms with Gasteiger partial charge in [-0.05, 0) is 105 Å². The van der Waals surface area contributed by atoms with Crippen molar-refractivity contribution in [2.75, 3.05) is 11.1 Å². The number of nitrogens with one attached hydrogen (secondary N) is 1. The average molecular weight is 655 g/mol. The van der Waals surface area contributed by atoms with Gasteiger partial charge in [0.1, 0.15) is 22.7 Å². The molecule has 1 aromatic heterocycles. The molecule has 5 aliphatic heterocycles. The number of fused-ring (bicyclic) bond motifs is 6. The van der Waals surface area contributed by atoms with Crippen LogP contribution in [0, 0.1) is 34.5 Å². The second kappa shape index (κ2) is 10.9. The summed E-state index contributed by atoms with van der Waals surface area (Å²) < 4.78 is 12.6. The third-order valence-corrected chi connectivity index (χ3v) is 15.4. The Kier molecular flexibility index (Phi) is 6.98. The first kappa shape index (κ1) is 29.4. The van der Waals surface area contributed by atoms with Crippen LogP contribution in [0.25, 0.3) is 6.08 Å². The zero-order chi connectivity index (χ0) is 31.2. The molecule has 9 bridgehead atoms. The summed E-state index contributed by atoms with van der Waals surface area (Å²) in [6.07, 6.45) is 22.0. The highest BCUT2D eigenvalue weighted by Gasteiger charge is 2.68. The summed E-state index contributed by atoms with van der Waals surface area (Å²) in [6, 6.07) is 2.12. The molecule has 8 heteroatoms. The fourth-order valence-electron chi connectivity index (χ4n) is 10.4. The molecular weight excluding hydrogens is 613 g/mol. The van der Waals surface area contributed by atoms with Gasteiger partial charge in [-0.3, -0.25) is 0 Å². The smallest absolute Gasteiger partial charge is 0.340 e. The summed E-state index contributed by atoms with van der Waals surface area (Å²) in [5.41, 5.74) is 5.87. The molecule has 3 fully saturated rings. The Bertz CT molecular complexity index is 1700. The topological polar surface area (TPSA) is 77.5 Å². The molecule has 46 heavy (non-hydrogen) atoms. The van der Waals surface area contributed by atoms with Crippen molar-refractivity contribution >= 4 is 45.4 Å². The first-order valence-electron chi connectivity index (χ1n) is 17.5. The Hall–Kier alpha value is -2.71. The molecule has 11 rings (SSSR count). The number of nitrogens with zero attached hydrogens (tertiary/aromatic N) is 1. The number of rotatable bonds is 2. The number of hydrogen-bond acceptors (Lipinski definition) is 8. The van der Waals surface area contributed by atoms with Crippen molar-refractivity contribution in [2.45, 2.75) is 89.9 Å². The van der Waals surface area contributed by atoms with Gasteiger partial charge in [-0.2, -0.15) is 0 Å². The Balaban J connectivity index is 1.22. The van der Waals surface area contributed by atoms with E-state index in [9.17, 15) is 9.59 Å². The molecule has 6 unspecified atom stereocenters. The van der Waals surface area contributed by atoms with Crippen molar-refractivity contribution in [1.29, 1.82) is 0 Å². The number of anilines is 1. The molecule has 1 N–H and O–H groups in total. The van der Waals surface area contributed by atoms with E-state index in [0.29, 0.717) is 12.3 Å². The lowest BCUT2D eigenvalue weighted by Gasteiger charge is -2.56. The lowest BCUT2D eigenvalue weighted by Crippen LogP contribution is -2.52. The van der Waals surface area contributed by atoms with Crippen LogP contribution in [-0.2, 0) is 25.5 Å². The summed E-state index contributed by atoms with van der Waals surface area (Å²) in [5, 5.41) is 3.81. The quantitative estimate of drug-likeness (QED) is 0.251. The Morgan fingerprint density at radius 2 is 2.00 bits per heavy atom. The van der Waals surface area contributed by atoms with E-state index in [0.717, 1.165) is 96.7 Å². The van der Waals surface area contributed by atoms with Crippen molar-refractivity contribution in [3.8, 4) is 0 Å². The second-order valence-electron chi connectivity index (χ2n) is 14.9. The molecule has 5 aliphatic carbocycles. The molecule has 0 radical (unpaired) electrons. The number of carbonyl (C=O) groups is 2. The average Bonchev–Trinajstić information content (AvgIpc) is 3.75. The van der Waals surface area contributed by atoms with E-state index in [2.05, 4.69) is 49.5 Å². The van der Waals surface area contributed by atoms with Crippen molar-refractivity contribution in [2.24, 2.45) is 34.5 Å². The van der Waals surface area contributed by atoms with Gasteiger partial charge in [-0.1, -0.05) is 66.0 Å². The van der Waals surface area contributed by atoms with Crippen LogP contribution in [0.15, 0.2) is 64.3 Å². The molecule has 1 saturated heterocycles. The third kappa shape index (κ3) is 4.27. The van der Waals surface area contributed by atoms with Crippen LogP contribution in [0.3, 0.4) is 0 Å². The van der Waals surface area contributed by atoms with Gasteiger partial charge in [0.25, 0.3) is 0 Å². The van der Waals surface area contributed by atoms with Gasteiger partial charge in [-0.15, -0.1) is 0 Å². The lowest BCUT2D eigenvalue weighted by molar-refractivity contribution is -0.135. The van der Waals surface area contributed by atoms with Gasteiger partial charge >= 0.3 is 11.9 Å². The van der Waals surface area contributed by atoms with Gasteiger partial charge in [0, 0.05) is 34.6 Å². The van der Waals surface area contributed by atoms with E-state index in [-0.39, 0.29) is 40.5 Å². The maximum absolute atomic E-state index is 14.2. The fraction of sp³-hybridized carbons (Fsp3) is 0.553. The molecule has 6 heterocycles. The number of pyridine rings is 1. The summed E-state index contributed by atoms with van der Waals surface area (Å²) in [6.45, 7) is 4.55. The predicted octanol–water partition coefficient (Wildman–Crippen LogP) is 8.69. The van der Waals surface area contributed by atoms with Crippen LogP contribution in [0.4, 0.5) is 5.82 Å². The first-order valence-corrected chi connectivity index (χ1v) is 19.8. The molecule has 0 aromatic carbocycles. The van der Waals surface area contributed by atoms with E-state index in [4.69, 9.17) is 14.5 Å². The fourth-order valence-corrected chi connectivity index (χ4v) is 13.0. The van der Waals surface area contributed by atoms with Crippen LogP contribution in [-0.4, -0.2) is 28.0 Å². The first-order chi connectivity index (χ1) is 22.4. The highest BCUT2D eigenvalue weighted by Crippen LogP contribution is 2.71. The number of esters is 2.